The number of hydrogen-bond donors (Lipinski definition) is 2. The molecule has 0 aromatic heterocycles. The number of aliphatic imine (C=N–C) groups is 1. The van der Waals surface area contributed by atoms with Crippen molar-refractivity contribution in [3.05, 3.63) is 59.4 Å². The van der Waals surface area contributed by atoms with E-state index in [1.165, 1.54) is 24.4 Å². The summed E-state index contributed by atoms with van der Waals surface area (Å²) < 4.78 is 13.4. The number of nitrogens with one attached hydrogen (secondary N) is 1. The van der Waals surface area contributed by atoms with Gasteiger partial charge in [-0.1, -0.05) is 12.1 Å². The highest BCUT2D eigenvalue weighted by Gasteiger charge is 2.29. The van der Waals surface area contributed by atoms with E-state index in [9.17, 15) is 14.0 Å². The third kappa shape index (κ3) is 3.48. The number of aliphatic carboxylic acids is 1. The van der Waals surface area contributed by atoms with Crippen LogP contribution in [0.1, 0.15) is 23.5 Å². The molecule has 1 amide bonds. The van der Waals surface area contributed by atoms with Gasteiger partial charge in [-0.15, -0.1) is 0 Å². The number of nitrogens with zero attached hydrogens (tertiary/aromatic N) is 1. The van der Waals surface area contributed by atoms with Gasteiger partial charge >= 0.3 is 5.97 Å². The van der Waals surface area contributed by atoms with Crippen LogP contribution in [-0.4, -0.2) is 23.2 Å². The Hall–Kier alpha value is -3.02. The molecule has 1 aliphatic heterocycles. The summed E-state index contributed by atoms with van der Waals surface area (Å²) in [5.74, 6) is -2.15. The molecule has 0 bridgehead atoms. The number of rotatable bonds is 5. The van der Waals surface area contributed by atoms with E-state index in [-0.39, 0.29) is 12.3 Å². The molecule has 0 aliphatic carbocycles. The van der Waals surface area contributed by atoms with Crippen molar-refractivity contribution in [3.8, 4) is 0 Å². The van der Waals surface area contributed by atoms with Crippen LogP contribution in [0, 0.1) is 5.82 Å². The Morgan fingerprint density at radius 3 is 2.92 bits per heavy atom. The molecule has 0 spiro atoms. The molecule has 1 aliphatic rings. The second kappa shape index (κ2) is 6.62. The van der Waals surface area contributed by atoms with Crippen LogP contribution in [-0.2, 0) is 16.0 Å². The van der Waals surface area contributed by atoms with Crippen LogP contribution in [0.4, 0.5) is 15.8 Å². The Labute approximate surface area is 137 Å². The van der Waals surface area contributed by atoms with Gasteiger partial charge in [0.1, 0.15) is 11.7 Å². The van der Waals surface area contributed by atoms with Crippen molar-refractivity contribution in [1.82, 2.24) is 0 Å². The molecule has 0 saturated carbocycles. The Kier molecular flexibility index (Phi) is 4.37. The van der Waals surface area contributed by atoms with Gasteiger partial charge in [0.15, 0.2) is 0 Å². The number of carboxylic acids is 1. The number of anilines is 1. The summed E-state index contributed by atoms with van der Waals surface area (Å²) in [7, 11) is 0. The lowest BCUT2D eigenvalue weighted by Gasteiger charge is -2.03. The first-order valence-corrected chi connectivity index (χ1v) is 7.48. The molecule has 2 aromatic carbocycles. The number of carbonyl (C=O) groups excluding carboxylic acids is 1. The minimum Gasteiger partial charge on any atom is -0.481 e. The summed E-state index contributed by atoms with van der Waals surface area (Å²) in [6, 6.07) is 11.3. The lowest BCUT2D eigenvalue weighted by atomic mass is 10.0. The van der Waals surface area contributed by atoms with Crippen molar-refractivity contribution in [3.63, 3.8) is 0 Å². The van der Waals surface area contributed by atoms with Crippen LogP contribution < -0.4 is 5.32 Å². The second-order valence-corrected chi connectivity index (χ2v) is 5.54. The maximum Gasteiger partial charge on any atom is 0.303 e. The summed E-state index contributed by atoms with van der Waals surface area (Å²) in [4.78, 5) is 27.0. The number of benzene rings is 2. The SMILES string of the molecule is O=C(O)CCc1cccc(N=CC2C(=O)Nc3ccc(F)cc32)c1. The van der Waals surface area contributed by atoms with Crippen LogP contribution in [0.3, 0.4) is 0 Å². The number of carbonyl (C=O) groups is 2. The lowest BCUT2D eigenvalue weighted by molar-refractivity contribution is -0.137. The maximum absolute atomic E-state index is 13.4. The molecule has 3 rings (SSSR count). The molecular formula is C18H15FN2O3. The van der Waals surface area contributed by atoms with Gasteiger partial charge < -0.3 is 10.4 Å². The molecule has 5 nitrogen and oxygen atoms in total. The second-order valence-electron chi connectivity index (χ2n) is 5.54. The molecular weight excluding hydrogens is 311 g/mol. The van der Waals surface area contributed by atoms with Crippen molar-refractivity contribution in [2.45, 2.75) is 18.8 Å². The molecule has 6 heteroatoms. The van der Waals surface area contributed by atoms with E-state index in [0.29, 0.717) is 23.4 Å². The molecule has 24 heavy (non-hydrogen) atoms. The van der Waals surface area contributed by atoms with Gasteiger partial charge in [0, 0.05) is 18.3 Å². The Morgan fingerprint density at radius 2 is 2.12 bits per heavy atom. The topological polar surface area (TPSA) is 78.8 Å². The predicted octanol–water partition coefficient (Wildman–Crippen LogP) is 3.28. The highest BCUT2D eigenvalue weighted by molar-refractivity contribution is 6.12. The zero-order valence-electron chi connectivity index (χ0n) is 12.7. The van der Waals surface area contributed by atoms with Crippen LogP contribution in [0.15, 0.2) is 47.5 Å². The van der Waals surface area contributed by atoms with Crippen molar-refractivity contribution in [2.24, 2.45) is 4.99 Å². The number of amides is 1. The predicted molar refractivity (Wildman–Crippen MR) is 88.3 cm³/mol. The summed E-state index contributed by atoms with van der Waals surface area (Å²) in [5, 5.41) is 11.4. The molecule has 0 radical (unpaired) electrons. The zero-order chi connectivity index (χ0) is 17.1. The smallest absolute Gasteiger partial charge is 0.303 e. The first-order chi connectivity index (χ1) is 11.5. The Balaban J connectivity index is 1.79. The lowest BCUT2D eigenvalue weighted by Crippen LogP contribution is -2.12. The minimum absolute atomic E-state index is 0.0465. The monoisotopic (exact) mass is 326 g/mol. The number of carboxylic acid groups (broad SMARTS) is 1. The minimum atomic E-state index is -0.856. The highest BCUT2D eigenvalue weighted by Crippen LogP contribution is 2.32. The average molecular weight is 326 g/mol. The molecule has 122 valence electrons. The summed E-state index contributed by atoms with van der Waals surface area (Å²) in [6.45, 7) is 0. The number of aryl methyl sites for hydroxylation is 1. The van der Waals surface area contributed by atoms with E-state index in [1.807, 2.05) is 6.07 Å². The Morgan fingerprint density at radius 1 is 1.29 bits per heavy atom. The molecule has 1 atom stereocenters. The van der Waals surface area contributed by atoms with E-state index in [2.05, 4.69) is 10.3 Å². The molecule has 1 heterocycles. The standard InChI is InChI=1S/C18H15FN2O3/c19-12-5-6-16-14(9-12)15(18(24)21-16)10-20-13-3-1-2-11(8-13)4-7-17(22)23/h1-3,5-6,8-10,15H,4,7H2,(H,21,24)(H,22,23). The quantitative estimate of drug-likeness (QED) is 0.828. The third-order valence-corrected chi connectivity index (χ3v) is 3.80. The van der Waals surface area contributed by atoms with Gasteiger partial charge in [-0.3, -0.25) is 14.6 Å². The van der Waals surface area contributed by atoms with E-state index in [4.69, 9.17) is 5.11 Å². The fourth-order valence-corrected chi connectivity index (χ4v) is 2.61. The number of hydrogen-bond acceptors (Lipinski definition) is 3. The van der Waals surface area contributed by atoms with E-state index in [0.717, 1.165) is 5.56 Å². The van der Waals surface area contributed by atoms with E-state index < -0.39 is 17.7 Å². The van der Waals surface area contributed by atoms with Gasteiger partial charge in [0.2, 0.25) is 5.91 Å². The summed E-state index contributed by atoms with van der Waals surface area (Å²) in [5.41, 5.74) is 2.63. The van der Waals surface area contributed by atoms with Crippen LogP contribution in [0.25, 0.3) is 0 Å². The molecule has 2 aromatic rings. The summed E-state index contributed by atoms with van der Waals surface area (Å²) in [6.07, 6.45) is 1.94. The van der Waals surface area contributed by atoms with Gasteiger partial charge in [-0.05, 0) is 47.9 Å². The van der Waals surface area contributed by atoms with Crippen molar-refractivity contribution < 1.29 is 19.1 Å². The first kappa shape index (κ1) is 15.9. The average Bonchev–Trinajstić information content (AvgIpc) is 2.86. The molecule has 2 N–H and O–H groups in total. The van der Waals surface area contributed by atoms with E-state index in [1.54, 1.807) is 18.2 Å². The largest absolute Gasteiger partial charge is 0.481 e. The maximum atomic E-state index is 13.4. The fraction of sp³-hybridized carbons (Fsp3) is 0.167. The zero-order valence-corrected chi connectivity index (χ0v) is 12.7. The fourth-order valence-electron chi connectivity index (χ4n) is 2.61. The van der Waals surface area contributed by atoms with Gasteiger partial charge in [-0.2, -0.15) is 0 Å². The number of fused-ring (bicyclic) bond motifs is 1. The van der Waals surface area contributed by atoms with Crippen molar-refractivity contribution >= 4 is 29.5 Å². The summed E-state index contributed by atoms with van der Waals surface area (Å²) >= 11 is 0. The Bertz CT molecular complexity index is 833. The van der Waals surface area contributed by atoms with Crippen LogP contribution in [0.2, 0.25) is 0 Å². The van der Waals surface area contributed by atoms with Gasteiger partial charge in [0.05, 0.1) is 5.69 Å². The molecule has 0 fully saturated rings. The molecule has 0 saturated heterocycles. The van der Waals surface area contributed by atoms with Crippen LogP contribution in [0.5, 0.6) is 0 Å². The van der Waals surface area contributed by atoms with Gasteiger partial charge in [-0.25, -0.2) is 4.39 Å². The molecule has 1 unspecified atom stereocenters. The normalized spacial score (nSPS) is 16.2. The van der Waals surface area contributed by atoms with Crippen molar-refractivity contribution in [1.29, 1.82) is 0 Å². The van der Waals surface area contributed by atoms with Crippen molar-refractivity contribution in [2.75, 3.05) is 5.32 Å². The number of halogens is 1. The first-order valence-electron chi connectivity index (χ1n) is 7.48. The van der Waals surface area contributed by atoms with Gasteiger partial charge in [0.25, 0.3) is 0 Å². The van der Waals surface area contributed by atoms with E-state index >= 15 is 0 Å². The third-order valence-electron chi connectivity index (χ3n) is 3.80. The highest BCUT2D eigenvalue weighted by atomic mass is 19.1. The van der Waals surface area contributed by atoms with Crippen LogP contribution >= 0.6 is 0 Å².